The number of fused-ring (bicyclic) bond motifs is 1. The number of carbonyl (C=O) groups is 1. The molecule has 1 aromatic heterocycles. The van der Waals surface area contributed by atoms with Gasteiger partial charge in [0.05, 0.1) is 0 Å². The third-order valence-electron chi connectivity index (χ3n) is 4.45. The summed E-state index contributed by atoms with van der Waals surface area (Å²) in [5.74, 6) is 0.247. The van der Waals surface area contributed by atoms with Gasteiger partial charge in [0.2, 0.25) is 5.89 Å². The van der Waals surface area contributed by atoms with Crippen LogP contribution in [0.15, 0.2) is 65.1 Å². The zero-order chi connectivity index (χ0) is 21.3. The maximum absolute atomic E-state index is 12.5. The van der Waals surface area contributed by atoms with Gasteiger partial charge in [0.15, 0.2) is 10.7 Å². The quantitative estimate of drug-likeness (QED) is 0.392. The van der Waals surface area contributed by atoms with Crippen molar-refractivity contribution in [2.45, 2.75) is 13.8 Å². The number of halogens is 1. The largest absolute Gasteiger partial charge is 0.436 e. The molecule has 150 valence electrons. The number of amides is 1. The van der Waals surface area contributed by atoms with E-state index in [9.17, 15) is 4.79 Å². The van der Waals surface area contributed by atoms with E-state index in [4.69, 9.17) is 28.2 Å². The summed E-state index contributed by atoms with van der Waals surface area (Å²) in [7, 11) is 0. The molecule has 0 saturated carbocycles. The molecule has 1 heterocycles. The predicted molar refractivity (Wildman–Crippen MR) is 124 cm³/mol. The van der Waals surface area contributed by atoms with Crippen LogP contribution in [0.3, 0.4) is 0 Å². The predicted octanol–water partition coefficient (Wildman–Crippen LogP) is 5.89. The first kappa shape index (κ1) is 20.1. The zero-order valence-corrected chi connectivity index (χ0v) is 17.9. The second-order valence-corrected chi connectivity index (χ2v) is 7.84. The van der Waals surface area contributed by atoms with Crippen LogP contribution in [0.5, 0.6) is 0 Å². The molecule has 0 bridgehead atoms. The number of nitrogens with one attached hydrogen (secondary N) is 2. The van der Waals surface area contributed by atoms with Gasteiger partial charge >= 0.3 is 0 Å². The minimum Gasteiger partial charge on any atom is -0.436 e. The molecular weight excluding hydrogens is 418 g/mol. The normalized spacial score (nSPS) is 10.8. The number of thiocarbonyl (C=S) groups is 1. The number of aromatic nitrogens is 1. The number of nitrogens with zero attached hydrogens (tertiary/aromatic N) is 1. The highest BCUT2D eigenvalue weighted by Crippen LogP contribution is 2.27. The Morgan fingerprint density at radius 1 is 1.00 bits per heavy atom. The number of rotatable bonds is 3. The van der Waals surface area contributed by atoms with Crippen LogP contribution < -0.4 is 10.6 Å². The molecule has 5 nitrogen and oxygen atoms in total. The topological polar surface area (TPSA) is 67.2 Å². The summed E-state index contributed by atoms with van der Waals surface area (Å²) in [5, 5.41) is 6.59. The lowest BCUT2D eigenvalue weighted by Crippen LogP contribution is -2.34. The number of anilines is 1. The number of aryl methyl sites for hydroxylation is 2. The minimum atomic E-state index is -0.258. The van der Waals surface area contributed by atoms with E-state index in [2.05, 4.69) is 15.6 Å². The lowest BCUT2D eigenvalue weighted by Gasteiger charge is -2.10. The smallest absolute Gasteiger partial charge is 0.257 e. The van der Waals surface area contributed by atoms with Crippen molar-refractivity contribution in [1.29, 1.82) is 0 Å². The van der Waals surface area contributed by atoms with E-state index in [1.807, 2.05) is 56.3 Å². The maximum Gasteiger partial charge on any atom is 0.257 e. The van der Waals surface area contributed by atoms with Gasteiger partial charge in [-0.3, -0.25) is 10.1 Å². The van der Waals surface area contributed by atoms with Crippen molar-refractivity contribution >= 4 is 51.6 Å². The lowest BCUT2D eigenvalue weighted by molar-refractivity contribution is 0.0977. The molecule has 1 amide bonds. The van der Waals surface area contributed by atoms with Gasteiger partial charge in [-0.2, -0.15) is 0 Å². The molecule has 0 unspecified atom stereocenters. The molecule has 3 aromatic carbocycles. The van der Waals surface area contributed by atoms with E-state index in [1.165, 1.54) is 0 Å². The Labute approximate surface area is 184 Å². The fraction of sp³-hybridized carbons (Fsp3) is 0.0870. The van der Waals surface area contributed by atoms with E-state index in [0.717, 1.165) is 16.7 Å². The fourth-order valence-electron chi connectivity index (χ4n) is 3.16. The number of benzene rings is 3. The van der Waals surface area contributed by atoms with Crippen LogP contribution in [-0.4, -0.2) is 16.0 Å². The SMILES string of the molecule is Cc1cc(C)cc(C(=O)NC(=S)Nc2ccc3oc(-c4ccc(Cl)cc4)nc3c2)c1. The second-order valence-electron chi connectivity index (χ2n) is 6.99. The highest BCUT2D eigenvalue weighted by molar-refractivity contribution is 7.80. The van der Waals surface area contributed by atoms with Gasteiger partial charge in [0, 0.05) is 21.8 Å². The van der Waals surface area contributed by atoms with Crippen LogP contribution >= 0.6 is 23.8 Å². The summed E-state index contributed by atoms with van der Waals surface area (Å²) in [6.45, 7) is 3.90. The molecule has 4 aromatic rings. The number of carbonyl (C=O) groups excluding carboxylic acids is 1. The van der Waals surface area contributed by atoms with Crippen molar-refractivity contribution < 1.29 is 9.21 Å². The van der Waals surface area contributed by atoms with Crippen molar-refractivity contribution in [3.8, 4) is 11.5 Å². The van der Waals surface area contributed by atoms with Gasteiger partial charge in [-0.05, 0) is 80.7 Å². The molecule has 7 heteroatoms. The van der Waals surface area contributed by atoms with E-state index < -0.39 is 0 Å². The molecule has 0 fully saturated rings. The summed E-state index contributed by atoms with van der Waals surface area (Å²) in [6.07, 6.45) is 0. The highest BCUT2D eigenvalue weighted by Gasteiger charge is 2.11. The number of hydrogen-bond donors (Lipinski definition) is 2. The van der Waals surface area contributed by atoms with Crippen LogP contribution in [0.1, 0.15) is 21.5 Å². The summed E-state index contributed by atoms with van der Waals surface area (Å²) >= 11 is 11.2. The van der Waals surface area contributed by atoms with Gasteiger partial charge in [-0.15, -0.1) is 0 Å². The first-order chi connectivity index (χ1) is 14.4. The maximum atomic E-state index is 12.5. The fourth-order valence-corrected chi connectivity index (χ4v) is 3.50. The Morgan fingerprint density at radius 2 is 1.70 bits per heavy atom. The van der Waals surface area contributed by atoms with E-state index in [0.29, 0.717) is 33.3 Å². The molecule has 2 N–H and O–H groups in total. The first-order valence-corrected chi connectivity index (χ1v) is 10.0. The standard InChI is InChI=1S/C23H18ClN3O2S/c1-13-9-14(2)11-16(10-13)21(28)27-23(30)25-18-7-8-20-19(12-18)26-22(29-20)15-3-5-17(24)6-4-15/h3-12H,1-2H3,(H2,25,27,28,30). The van der Waals surface area contributed by atoms with Crippen molar-refractivity contribution in [3.05, 3.63) is 82.4 Å². The van der Waals surface area contributed by atoms with Crippen molar-refractivity contribution in [2.75, 3.05) is 5.32 Å². The van der Waals surface area contributed by atoms with Gasteiger partial charge in [0.1, 0.15) is 5.52 Å². The van der Waals surface area contributed by atoms with E-state index in [-0.39, 0.29) is 11.0 Å². The van der Waals surface area contributed by atoms with Crippen molar-refractivity contribution in [2.24, 2.45) is 0 Å². The van der Waals surface area contributed by atoms with Crippen molar-refractivity contribution in [3.63, 3.8) is 0 Å². The molecule has 4 rings (SSSR count). The monoisotopic (exact) mass is 435 g/mol. The first-order valence-electron chi connectivity index (χ1n) is 9.24. The average Bonchev–Trinajstić information content (AvgIpc) is 3.11. The molecule has 0 radical (unpaired) electrons. The molecule has 0 saturated heterocycles. The molecule has 0 aliphatic carbocycles. The van der Waals surface area contributed by atoms with E-state index in [1.54, 1.807) is 18.2 Å². The summed E-state index contributed by atoms with van der Waals surface area (Å²) in [6, 6.07) is 18.4. The minimum absolute atomic E-state index is 0.208. The number of oxazole rings is 1. The van der Waals surface area contributed by atoms with Crippen LogP contribution in [0.25, 0.3) is 22.6 Å². The van der Waals surface area contributed by atoms with Crippen LogP contribution in [-0.2, 0) is 0 Å². The van der Waals surface area contributed by atoms with Gasteiger partial charge in [-0.1, -0.05) is 28.8 Å². The summed E-state index contributed by atoms with van der Waals surface area (Å²) in [4.78, 5) is 17.0. The average molecular weight is 436 g/mol. The van der Waals surface area contributed by atoms with Crippen LogP contribution in [0.2, 0.25) is 5.02 Å². The Morgan fingerprint density at radius 3 is 2.40 bits per heavy atom. The third-order valence-corrected chi connectivity index (χ3v) is 4.90. The van der Waals surface area contributed by atoms with Gasteiger partial charge in [0.25, 0.3) is 5.91 Å². The zero-order valence-electron chi connectivity index (χ0n) is 16.3. The third kappa shape index (κ3) is 4.50. The Hall–Kier alpha value is -3.22. The van der Waals surface area contributed by atoms with Gasteiger partial charge < -0.3 is 9.73 Å². The van der Waals surface area contributed by atoms with Crippen molar-refractivity contribution in [1.82, 2.24) is 10.3 Å². The van der Waals surface area contributed by atoms with Crippen LogP contribution in [0, 0.1) is 13.8 Å². The Bertz CT molecular complexity index is 1250. The number of hydrogen-bond acceptors (Lipinski definition) is 4. The molecule has 0 atom stereocenters. The second kappa shape index (κ2) is 8.26. The van der Waals surface area contributed by atoms with Gasteiger partial charge in [-0.25, -0.2) is 4.98 Å². The molecule has 30 heavy (non-hydrogen) atoms. The lowest BCUT2D eigenvalue weighted by atomic mass is 10.1. The molecular formula is C23H18ClN3O2S. The Balaban J connectivity index is 1.48. The van der Waals surface area contributed by atoms with E-state index >= 15 is 0 Å². The summed E-state index contributed by atoms with van der Waals surface area (Å²) < 4.78 is 5.81. The Kier molecular flexibility index (Phi) is 5.53. The molecule has 0 spiro atoms. The van der Waals surface area contributed by atoms with Crippen LogP contribution in [0.4, 0.5) is 5.69 Å². The highest BCUT2D eigenvalue weighted by atomic mass is 35.5. The molecule has 0 aliphatic rings. The molecule has 0 aliphatic heterocycles. The summed E-state index contributed by atoms with van der Waals surface area (Å²) in [5.41, 5.74) is 5.46.